The smallest absolute Gasteiger partial charge is 0.242 e. The third-order valence-electron chi connectivity index (χ3n) is 1.91. The number of nitrogens with two attached hydrogens (primary N) is 1. The number of carbonyl (C=O) groups is 1. The summed E-state index contributed by atoms with van der Waals surface area (Å²) < 4.78 is 0.697. The van der Waals surface area contributed by atoms with Crippen LogP contribution >= 0.6 is 15.9 Å². The van der Waals surface area contributed by atoms with E-state index in [0.29, 0.717) is 16.1 Å². The van der Waals surface area contributed by atoms with E-state index < -0.39 is 11.4 Å². The monoisotopic (exact) mass is 272 g/mol. The number of nitrogens with zero attached hydrogens (tertiary/aromatic N) is 2. The van der Waals surface area contributed by atoms with Gasteiger partial charge in [0, 0.05) is 6.20 Å². The molecule has 1 heterocycles. The summed E-state index contributed by atoms with van der Waals surface area (Å²) in [4.78, 5) is 19.3. The molecule has 0 aliphatic heterocycles. The molecule has 0 aromatic carbocycles. The summed E-state index contributed by atoms with van der Waals surface area (Å²) in [6, 6.07) is 0. The summed E-state index contributed by atoms with van der Waals surface area (Å²) in [5.41, 5.74) is 4.40. The number of amides is 1. The van der Waals surface area contributed by atoms with Crippen LogP contribution in [0.25, 0.3) is 0 Å². The van der Waals surface area contributed by atoms with E-state index in [1.54, 1.807) is 27.0 Å². The maximum Gasteiger partial charge on any atom is 0.242 e. The summed E-state index contributed by atoms with van der Waals surface area (Å²) in [7, 11) is 0. The molecule has 0 radical (unpaired) electrons. The predicted octanol–water partition coefficient (Wildman–Crippen LogP) is 1.22. The van der Waals surface area contributed by atoms with E-state index in [0.717, 1.165) is 0 Å². The van der Waals surface area contributed by atoms with Gasteiger partial charge in [-0.25, -0.2) is 9.97 Å². The number of rotatable bonds is 3. The van der Waals surface area contributed by atoms with E-state index in [4.69, 9.17) is 5.73 Å². The van der Waals surface area contributed by atoms with Gasteiger partial charge in [0.25, 0.3) is 0 Å². The van der Waals surface area contributed by atoms with Crippen molar-refractivity contribution in [3.8, 4) is 0 Å². The third kappa shape index (κ3) is 2.89. The minimum absolute atomic E-state index is 0.439. The highest BCUT2D eigenvalue weighted by molar-refractivity contribution is 9.10. The van der Waals surface area contributed by atoms with Crippen LogP contribution in [0.4, 0.5) is 5.82 Å². The van der Waals surface area contributed by atoms with E-state index in [2.05, 4.69) is 31.2 Å². The number of carbonyl (C=O) groups excluding carboxylic acids is 1. The van der Waals surface area contributed by atoms with Crippen molar-refractivity contribution in [3.63, 3.8) is 0 Å². The van der Waals surface area contributed by atoms with Gasteiger partial charge < -0.3 is 11.1 Å². The van der Waals surface area contributed by atoms with E-state index in [1.165, 1.54) is 0 Å². The second kappa shape index (κ2) is 4.14. The number of primary amides is 1. The maximum atomic E-state index is 11.1. The zero-order valence-electron chi connectivity index (χ0n) is 8.84. The van der Waals surface area contributed by atoms with Gasteiger partial charge in [-0.1, -0.05) is 0 Å². The number of aromatic nitrogens is 2. The Kier molecular flexibility index (Phi) is 3.28. The Morgan fingerprint density at radius 2 is 2.20 bits per heavy atom. The molecule has 1 aromatic heterocycles. The second-order valence-corrected chi connectivity index (χ2v) is 4.58. The van der Waals surface area contributed by atoms with Crippen LogP contribution in [0.2, 0.25) is 0 Å². The lowest BCUT2D eigenvalue weighted by Gasteiger charge is -2.23. The van der Waals surface area contributed by atoms with Crippen molar-refractivity contribution in [3.05, 3.63) is 16.5 Å². The number of anilines is 1. The molecule has 0 unspecified atom stereocenters. The fourth-order valence-corrected chi connectivity index (χ4v) is 1.19. The lowest BCUT2D eigenvalue weighted by atomic mass is 10.1. The van der Waals surface area contributed by atoms with E-state index in [1.807, 2.05) is 0 Å². The van der Waals surface area contributed by atoms with Crippen molar-refractivity contribution in [2.75, 3.05) is 5.32 Å². The molecule has 5 nitrogen and oxygen atoms in total. The SMILES string of the molecule is Cc1ncc(Br)c(NC(C)(C)C(N)=O)n1. The molecule has 0 saturated carbocycles. The van der Waals surface area contributed by atoms with Crippen LogP contribution in [0, 0.1) is 6.92 Å². The highest BCUT2D eigenvalue weighted by Crippen LogP contribution is 2.21. The molecule has 0 atom stereocenters. The van der Waals surface area contributed by atoms with E-state index >= 15 is 0 Å². The van der Waals surface area contributed by atoms with Crippen LogP contribution in [-0.4, -0.2) is 21.4 Å². The average Bonchev–Trinajstić information content (AvgIpc) is 2.10. The van der Waals surface area contributed by atoms with Crippen molar-refractivity contribution in [1.82, 2.24) is 9.97 Å². The van der Waals surface area contributed by atoms with Crippen LogP contribution in [0.1, 0.15) is 19.7 Å². The van der Waals surface area contributed by atoms with Gasteiger partial charge in [-0.15, -0.1) is 0 Å². The number of hydrogen-bond donors (Lipinski definition) is 2. The fraction of sp³-hybridized carbons (Fsp3) is 0.444. The topological polar surface area (TPSA) is 80.9 Å². The van der Waals surface area contributed by atoms with Gasteiger partial charge in [-0.05, 0) is 36.7 Å². The molecule has 0 aliphatic carbocycles. The Morgan fingerprint density at radius 3 is 2.73 bits per heavy atom. The number of nitrogens with one attached hydrogen (secondary N) is 1. The number of hydrogen-bond acceptors (Lipinski definition) is 4. The Hall–Kier alpha value is -1.17. The maximum absolute atomic E-state index is 11.1. The number of aryl methyl sites for hydroxylation is 1. The molecule has 0 fully saturated rings. The van der Waals surface area contributed by atoms with Crippen molar-refractivity contribution in [1.29, 1.82) is 0 Å². The van der Waals surface area contributed by atoms with Gasteiger partial charge in [-0.2, -0.15) is 0 Å². The minimum atomic E-state index is -0.844. The Morgan fingerprint density at radius 1 is 1.60 bits per heavy atom. The predicted molar refractivity (Wildman–Crippen MR) is 61.4 cm³/mol. The zero-order chi connectivity index (χ0) is 11.6. The van der Waals surface area contributed by atoms with Crippen LogP contribution in [-0.2, 0) is 4.79 Å². The lowest BCUT2D eigenvalue weighted by molar-refractivity contribution is -0.121. The molecule has 15 heavy (non-hydrogen) atoms. The highest BCUT2D eigenvalue weighted by atomic mass is 79.9. The normalized spacial score (nSPS) is 11.2. The molecule has 0 aliphatic rings. The van der Waals surface area contributed by atoms with Crippen molar-refractivity contribution >= 4 is 27.7 Å². The molecule has 6 heteroatoms. The van der Waals surface area contributed by atoms with Crippen molar-refractivity contribution < 1.29 is 4.79 Å². The molecule has 1 rings (SSSR count). The Bertz CT molecular complexity index is 392. The van der Waals surface area contributed by atoms with Crippen LogP contribution in [0.5, 0.6) is 0 Å². The molecule has 1 aromatic rings. The van der Waals surface area contributed by atoms with Gasteiger partial charge in [0.15, 0.2) is 0 Å². The van der Waals surface area contributed by atoms with Gasteiger partial charge in [0.2, 0.25) is 5.91 Å². The molecule has 0 bridgehead atoms. The minimum Gasteiger partial charge on any atom is -0.368 e. The third-order valence-corrected chi connectivity index (χ3v) is 2.49. The molecular weight excluding hydrogens is 260 g/mol. The van der Waals surface area contributed by atoms with Crippen LogP contribution in [0.3, 0.4) is 0 Å². The average molecular weight is 273 g/mol. The van der Waals surface area contributed by atoms with Gasteiger partial charge in [-0.3, -0.25) is 4.79 Å². The van der Waals surface area contributed by atoms with Crippen LogP contribution in [0.15, 0.2) is 10.7 Å². The van der Waals surface area contributed by atoms with E-state index in [9.17, 15) is 4.79 Å². The molecule has 82 valence electrons. The summed E-state index contributed by atoms with van der Waals surface area (Å²) >= 11 is 3.29. The first-order chi connectivity index (χ1) is 6.83. The van der Waals surface area contributed by atoms with Crippen molar-refractivity contribution in [2.24, 2.45) is 5.73 Å². The first-order valence-corrected chi connectivity index (χ1v) is 5.19. The second-order valence-electron chi connectivity index (χ2n) is 3.73. The van der Waals surface area contributed by atoms with Crippen molar-refractivity contribution in [2.45, 2.75) is 26.3 Å². The molecular formula is C9H13BrN4O. The molecule has 3 N–H and O–H groups in total. The van der Waals surface area contributed by atoms with Gasteiger partial charge in [0.1, 0.15) is 17.2 Å². The molecule has 0 spiro atoms. The summed E-state index contributed by atoms with van der Waals surface area (Å²) in [6.07, 6.45) is 1.63. The quantitative estimate of drug-likeness (QED) is 0.867. The summed E-state index contributed by atoms with van der Waals surface area (Å²) in [5.74, 6) is 0.748. The summed E-state index contributed by atoms with van der Waals surface area (Å²) in [6.45, 7) is 5.16. The standard InChI is InChI=1S/C9H13BrN4O/c1-5-12-4-6(10)7(13-5)14-9(2,3)8(11)15/h4H,1-3H3,(H2,11,15)(H,12,13,14). The number of halogens is 1. The van der Waals surface area contributed by atoms with Gasteiger partial charge >= 0.3 is 0 Å². The Labute approximate surface area is 96.6 Å². The first kappa shape index (κ1) is 11.9. The first-order valence-electron chi connectivity index (χ1n) is 4.40. The summed E-state index contributed by atoms with van der Waals surface area (Å²) in [5, 5.41) is 2.95. The molecule has 0 saturated heterocycles. The largest absolute Gasteiger partial charge is 0.368 e. The van der Waals surface area contributed by atoms with E-state index in [-0.39, 0.29) is 0 Å². The van der Waals surface area contributed by atoms with Crippen LogP contribution < -0.4 is 11.1 Å². The van der Waals surface area contributed by atoms with Gasteiger partial charge in [0.05, 0.1) is 4.47 Å². The fourth-order valence-electron chi connectivity index (χ4n) is 0.901. The lowest BCUT2D eigenvalue weighted by Crippen LogP contribution is -2.45. The highest BCUT2D eigenvalue weighted by Gasteiger charge is 2.25. The zero-order valence-corrected chi connectivity index (χ0v) is 10.4. The molecule has 1 amide bonds. The Balaban J connectivity index is 2.99.